The Morgan fingerprint density at radius 3 is 2.80 bits per heavy atom. The van der Waals surface area contributed by atoms with Gasteiger partial charge >= 0.3 is 0 Å². The number of piperidine rings is 1. The summed E-state index contributed by atoms with van der Waals surface area (Å²) in [7, 11) is 0. The van der Waals surface area contributed by atoms with Crippen molar-refractivity contribution >= 4 is 33.2 Å². The molecule has 108 valence electrons. The Morgan fingerprint density at radius 1 is 1.45 bits per heavy atom. The molecular formula is C13H18BrN5S. The summed E-state index contributed by atoms with van der Waals surface area (Å²) in [5.74, 6) is 2.26. The molecule has 0 aromatic carbocycles. The van der Waals surface area contributed by atoms with Crippen molar-refractivity contribution in [3.05, 3.63) is 15.9 Å². The zero-order chi connectivity index (χ0) is 14.1. The zero-order valence-corrected chi connectivity index (χ0v) is 13.7. The lowest BCUT2D eigenvalue weighted by molar-refractivity contribution is 0.352. The highest BCUT2D eigenvalue weighted by Gasteiger charge is 2.24. The van der Waals surface area contributed by atoms with Crippen molar-refractivity contribution in [2.75, 3.05) is 18.0 Å². The van der Waals surface area contributed by atoms with Gasteiger partial charge in [-0.05, 0) is 53.7 Å². The molecule has 20 heavy (non-hydrogen) atoms. The van der Waals surface area contributed by atoms with Gasteiger partial charge in [-0.1, -0.05) is 0 Å². The minimum absolute atomic E-state index is 0.281. The van der Waals surface area contributed by atoms with E-state index in [0.29, 0.717) is 5.92 Å². The van der Waals surface area contributed by atoms with Crippen LogP contribution in [0.1, 0.15) is 19.8 Å². The van der Waals surface area contributed by atoms with Gasteiger partial charge in [0.15, 0.2) is 5.82 Å². The first-order chi connectivity index (χ1) is 9.63. The molecule has 5 nitrogen and oxygen atoms in total. The van der Waals surface area contributed by atoms with Crippen LogP contribution in [0.15, 0.2) is 15.9 Å². The maximum Gasteiger partial charge on any atom is 0.245 e. The molecule has 7 heteroatoms. The highest BCUT2D eigenvalue weighted by atomic mass is 79.9. The van der Waals surface area contributed by atoms with Crippen LogP contribution in [0.3, 0.4) is 0 Å². The van der Waals surface area contributed by atoms with Crippen molar-refractivity contribution < 1.29 is 0 Å². The van der Waals surface area contributed by atoms with Gasteiger partial charge in [-0.15, -0.1) is 16.4 Å². The van der Waals surface area contributed by atoms with Crippen molar-refractivity contribution in [3.8, 4) is 10.7 Å². The van der Waals surface area contributed by atoms with E-state index in [9.17, 15) is 0 Å². The van der Waals surface area contributed by atoms with Gasteiger partial charge in [-0.3, -0.25) is 5.10 Å². The van der Waals surface area contributed by atoms with Crippen LogP contribution in [0.5, 0.6) is 0 Å². The highest BCUT2D eigenvalue weighted by Crippen LogP contribution is 2.30. The van der Waals surface area contributed by atoms with Crippen molar-refractivity contribution in [1.29, 1.82) is 0 Å². The largest absolute Gasteiger partial charge is 0.340 e. The second-order valence-corrected chi connectivity index (χ2v) is 7.73. The number of nitrogens with one attached hydrogen (secondary N) is 1. The smallest absolute Gasteiger partial charge is 0.245 e. The third kappa shape index (κ3) is 2.89. The molecule has 0 radical (unpaired) electrons. The Labute approximate surface area is 130 Å². The maximum atomic E-state index is 5.97. The molecule has 1 unspecified atom stereocenters. The van der Waals surface area contributed by atoms with Crippen LogP contribution in [0.2, 0.25) is 0 Å². The number of nitrogens with zero attached hydrogens (tertiary/aromatic N) is 3. The number of anilines is 1. The lowest BCUT2D eigenvalue weighted by Gasteiger charge is -2.32. The van der Waals surface area contributed by atoms with E-state index in [1.54, 1.807) is 11.3 Å². The summed E-state index contributed by atoms with van der Waals surface area (Å²) < 4.78 is 1.10. The molecule has 1 saturated heterocycles. The monoisotopic (exact) mass is 355 g/mol. The summed E-state index contributed by atoms with van der Waals surface area (Å²) in [5.41, 5.74) is 5.97. The van der Waals surface area contributed by atoms with Crippen LogP contribution in [-0.2, 0) is 0 Å². The third-order valence-electron chi connectivity index (χ3n) is 3.85. The van der Waals surface area contributed by atoms with E-state index in [4.69, 9.17) is 5.73 Å². The molecule has 3 N–H and O–H groups in total. The van der Waals surface area contributed by atoms with Crippen molar-refractivity contribution in [1.82, 2.24) is 15.2 Å². The van der Waals surface area contributed by atoms with Gasteiger partial charge in [0.05, 0.1) is 8.66 Å². The normalized spacial score (nSPS) is 18.4. The molecule has 0 saturated carbocycles. The maximum absolute atomic E-state index is 5.97. The lowest BCUT2D eigenvalue weighted by atomic mass is 9.91. The predicted octanol–water partition coefficient (Wildman–Crippen LogP) is 2.86. The Bertz CT molecular complexity index is 571. The molecular weight excluding hydrogens is 338 g/mol. The van der Waals surface area contributed by atoms with Crippen LogP contribution >= 0.6 is 27.3 Å². The standard InChI is InChI=1S/C13H18BrN5S/c1-8(15)9-4-6-19(7-5-9)13-16-12(17-18-13)10-2-3-11(14)20-10/h2-3,8-9H,4-7,15H2,1H3,(H,16,17,18). The van der Waals surface area contributed by atoms with Crippen molar-refractivity contribution in [2.45, 2.75) is 25.8 Å². The minimum atomic E-state index is 0.281. The molecule has 0 aliphatic carbocycles. The summed E-state index contributed by atoms with van der Waals surface area (Å²) in [6.07, 6.45) is 2.23. The van der Waals surface area contributed by atoms with E-state index in [1.807, 2.05) is 12.1 Å². The Kier molecular flexibility index (Phi) is 4.09. The number of nitrogens with two attached hydrogens (primary N) is 1. The third-order valence-corrected chi connectivity index (χ3v) is 5.48. The van der Waals surface area contributed by atoms with Gasteiger partial charge in [-0.25, -0.2) is 0 Å². The molecule has 1 aliphatic heterocycles. The van der Waals surface area contributed by atoms with E-state index in [1.165, 1.54) is 0 Å². The fourth-order valence-electron chi connectivity index (χ4n) is 2.57. The van der Waals surface area contributed by atoms with Gasteiger partial charge in [0.25, 0.3) is 0 Å². The molecule has 3 heterocycles. The quantitative estimate of drug-likeness (QED) is 0.887. The topological polar surface area (TPSA) is 70.8 Å². The van der Waals surface area contributed by atoms with E-state index in [2.05, 4.69) is 42.9 Å². The number of hydrogen-bond donors (Lipinski definition) is 2. The van der Waals surface area contributed by atoms with E-state index in [-0.39, 0.29) is 6.04 Å². The Balaban J connectivity index is 1.69. The van der Waals surface area contributed by atoms with Gasteiger partial charge in [0.2, 0.25) is 5.95 Å². The van der Waals surface area contributed by atoms with Crippen LogP contribution in [-0.4, -0.2) is 34.3 Å². The molecule has 3 rings (SSSR count). The second kappa shape index (κ2) is 5.83. The molecule has 0 bridgehead atoms. The first kappa shape index (κ1) is 14.0. The fourth-order valence-corrected chi connectivity index (χ4v) is 3.90. The minimum Gasteiger partial charge on any atom is -0.340 e. The van der Waals surface area contributed by atoms with Crippen LogP contribution in [0.25, 0.3) is 10.7 Å². The van der Waals surface area contributed by atoms with Crippen molar-refractivity contribution in [3.63, 3.8) is 0 Å². The van der Waals surface area contributed by atoms with Gasteiger partial charge in [0, 0.05) is 19.1 Å². The number of H-pyrrole nitrogens is 1. The molecule has 2 aromatic heterocycles. The van der Waals surface area contributed by atoms with Crippen LogP contribution < -0.4 is 10.6 Å². The van der Waals surface area contributed by atoms with Crippen LogP contribution in [0, 0.1) is 5.92 Å². The highest BCUT2D eigenvalue weighted by molar-refractivity contribution is 9.11. The first-order valence-corrected chi connectivity index (χ1v) is 8.43. The molecule has 1 fully saturated rings. The summed E-state index contributed by atoms with van der Waals surface area (Å²) in [4.78, 5) is 7.94. The number of hydrogen-bond acceptors (Lipinski definition) is 5. The first-order valence-electron chi connectivity index (χ1n) is 6.82. The molecule has 0 amide bonds. The summed E-state index contributed by atoms with van der Waals surface area (Å²) in [6, 6.07) is 4.35. The number of aromatic nitrogens is 3. The average Bonchev–Trinajstić information content (AvgIpc) is 3.07. The average molecular weight is 356 g/mol. The Morgan fingerprint density at radius 2 is 2.20 bits per heavy atom. The number of aromatic amines is 1. The molecule has 1 atom stereocenters. The van der Waals surface area contributed by atoms with Gasteiger partial charge in [-0.2, -0.15) is 4.98 Å². The SMILES string of the molecule is CC(N)C1CCN(c2n[nH]c(-c3ccc(Br)s3)n2)CC1. The van der Waals surface area contributed by atoms with Gasteiger partial charge in [0.1, 0.15) is 0 Å². The van der Waals surface area contributed by atoms with E-state index < -0.39 is 0 Å². The second-order valence-electron chi connectivity index (χ2n) is 5.27. The fraction of sp³-hybridized carbons (Fsp3) is 0.538. The van der Waals surface area contributed by atoms with E-state index >= 15 is 0 Å². The summed E-state index contributed by atoms with van der Waals surface area (Å²) >= 11 is 5.12. The summed E-state index contributed by atoms with van der Waals surface area (Å²) in [6.45, 7) is 4.06. The summed E-state index contributed by atoms with van der Waals surface area (Å²) in [5, 5.41) is 7.37. The lowest BCUT2D eigenvalue weighted by Crippen LogP contribution is -2.40. The molecule has 2 aromatic rings. The molecule has 0 spiro atoms. The number of thiophene rings is 1. The molecule has 1 aliphatic rings. The Hall–Kier alpha value is -0.920. The van der Waals surface area contributed by atoms with Gasteiger partial charge < -0.3 is 10.6 Å². The van der Waals surface area contributed by atoms with Crippen LogP contribution in [0.4, 0.5) is 5.95 Å². The number of halogens is 1. The van der Waals surface area contributed by atoms with Crippen molar-refractivity contribution in [2.24, 2.45) is 11.7 Å². The predicted molar refractivity (Wildman–Crippen MR) is 86.0 cm³/mol. The number of rotatable bonds is 3. The van der Waals surface area contributed by atoms with E-state index in [0.717, 1.165) is 46.4 Å². The zero-order valence-electron chi connectivity index (χ0n) is 11.3.